The summed E-state index contributed by atoms with van der Waals surface area (Å²) in [6, 6.07) is 21.1. The maximum atomic E-state index is 13.4. The molecule has 3 N–H and O–H groups in total. The molecule has 11 heteroatoms. The van der Waals surface area contributed by atoms with Crippen molar-refractivity contribution in [2.45, 2.75) is 70.5 Å². The predicted octanol–water partition coefficient (Wildman–Crippen LogP) is 5.16. The molecule has 1 saturated heterocycles. The fourth-order valence-corrected chi connectivity index (χ4v) is 6.99. The van der Waals surface area contributed by atoms with Gasteiger partial charge in [-0.3, -0.25) is 4.79 Å². The minimum atomic E-state index is -0.839. The first kappa shape index (κ1) is 39.3. The third kappa shape index (κ3) is 10.8. The molecule has 52 heavy (non-hydrogen) atoms. The predicted molar refractivity (Wildman–Crippen MR) is 201 cm³/mol. The number of piperidine rings is 1. The molecular weight excluding hydrogens is 662 g/mol. The summed E-state index contributed by atoms with van der Waals surface area (Å²) in [5.41, 5.74) is 10.3. The van der Waals surface area contributed by atoms with Crippen molar-refractivity contribution in [3.8, 4) is 17.2 Å². The van der Waals surface area contributed by atoms with E-state index >= 15 is 0 Å². The molecule has 284 valence electrons. The fraction of sp³-hybridized carbons (Fsp3) is 0.537. The Morgan fingerprint density at radius 1 is 0.981 bits per heavy atom. The van der Waals surface area contributed by atoms with Crippen molar-refractivity contribution in [2.24, 2.45) is 11.7 Å². The maximum absolute atomic E-state index is 13.4. The van der Waals surface area contributed by atoms with Crippen molar-refractivity contribution in [3.05, 3.63) is 83.4 Å². The van der Waals surface area contributed by atoms with Crippen LogP contribution in [0.2, 0.25) is 0 Å². The summed E-state index contributed by atoms with van der Waals surface area (Å²) in [5, 5.41) is 11.6. The Kier molecular flexibility index (Phi) is 15.0. The molecule has 0 spiro atoms. The van der Waals surface area contributed by atoms with Crippen LogP contribution in [0.5, 0.6) is 17.2 Å². The largest absolute Gasteiger partial charge is 0.496 e. The average Bonchev–Trinajstić information content (AvgIpc) is 3.15. The number of carbonyl (C=O) groups is 1. The van der Waals surface area contributed by atoms with Crippen LogP contribution in [-0.4, -0.2) is 101 Å². The maximum Gasteiger partial charge on any atom is 0.239 e. The van der Waals surface area contributed by atoms with Crippen LogP contribution in [0.25, 0.3) is 0 Å². The molecule has 1 amide bonds. The van der Waals surface area contributed by atoms with Gasteiger partial charge in [-0.15, -0.1) is 0 Å². The van der Waals surface area contributed by atoms with E-state index in [1.807, 2.05) is 74.5 Å². The van der Waals surface area contributed by atoms with Crippen LogP contribution in [0.4, 0.5) is 5.69 Å². The molecule has 11 nitrogen and oxygen atoms in total. The van der Waals surface area contributed by atoms with Gasteiger partial charge in [0.15, 0.2) is 0 Å². The van der Waals surface area contributed by atoms with Crippen LogP contribution >= 0.6 is 0 Å². The number of anilines is 1. The Morgan fingerprint density at radius 3 is 2.56 bits per heavy atom. The summed E-state index contributed by atoms with van der Waals surface area (Å²) < 4.78 is 35.1. The van der Waals surface area contributed by atoms with E-state index < -0.39 is 18.2 Å². The Labute approximate surface area is 308 Å². The molecule has 2 heterocycles. The highest BCUT2D eigenvalue weighted by Gasteiger charge is 2.40. The van der Waals surface area contributed by atoms with Crippen LogP contribution in [-0.2, 0) is 32.2 Å². The summed E-state index contributed by atoms with van der Waals surface area (Å²) in [5.74, 6) is 2.18. The number of hydrogen-bond acceptors (Lipinski definition) is 10. The normalized spacial score (nSPS) is 19.2. The second-order valence-electron chi connectivity index (χ2n) is 14.0. The number of rotatable bonds is 19. The Hall–Kier alpha value is -3.87. The second-order valence-corrected chi connectivity index (χ2v) is 14.0. The third-order valence-electron chi connectivity index (χ3n) is 9.62. The van der Waals surface area contributed by atoms with Crippen LogP contribution in [0.3, 0.4) is 0 Å². The molecule has 4 atom stereocenters. The van der Waals surface area contributed by atoms with Gasteiger partial charge in [0.05, 0.1) is 64.0 Å². The van der Waals surface area contributed by atoms with Crippen LogP contribution < -0.4 is 24.8 Å². The van der Waals surface area contributed by atoms with E-state index in [4.69, 9.17) is 34.2 Å². The van der Waals surface area contributed by atoms with Crippen LogP contribution in [0.1, 0.15) is 55.7 Å². The fourth-order valence-electron chi connectivity index (χ4n) is 6.99. The van der Waals surface area contributed by atoms with Crippen molar-refractivity contribution in [1.29, 1.82) is 0 Å². The topological polar surface area (TPSA) is 125 Å². The zero-order valence-electron chi connectivity index (χ0n) is 31.2. The summed E-state index contributed by atoms with van der Waals surface area (Å²) in [7, 11) is 3.38. The number of amides is 1. The molecule has 0 unspecified atom stereocenters. The minimum absolute atomic E-state index is 0.159. The van der Waals surface area contributed by atoms with Crippen molar-refractivity contribution in [3.63, 3.8) is 0 Å². The molecule has 0 radical (unpaired) electrons. The van der Waals surface area contributed by atoms with Gasteiger partial charge in [0.25, 0.3) is 0 Å². The highest BCUT2D eigenvalue weighted by Crippen LogP contribution is 2.35. The highest BCUT2D eigenvalue weighted by atomic mass is 16.5. The smallest absolute Gasteiger partial charge is 0.239 e. The molecule has 3 aromatic rings. The van der Waals surface area contributed by atoms with Gasteiger partial charge in [0.1, 0.15) is 23.9 Å². The van der Waals surface area contributed by atoms with E-state index in [0.717, 1.165) is 65.6 Å². The molecule has 0 aromatic heterocycles. The molecule has 5 rings (SSSR count). The average molecular weight is 720 g/mol. The van der Waals surface area contributed by atoms with E-state index in [1.165, 1.54) is 0 Å². The van der Waals surface area contributed by atoms with Crippen LogP contribution in [0, 0.1) is 5.92 Å². The lowest BCUT2D eigenvalue weighted by molar-refractivity contribution is -0.143. The van der Waals surface area contributed by atoms with E-state index in [1.54, 1.807) is 19.1 Å². The number of benzene rings is 3. The molecule has 2 aliphatic heterocycles. The number of nitrogens with two attached hydrogens (primary N) is 1. The number of aliphatic hydroxyl groups excluding tert-OH is 1. The molecule has 1 fully saturated rings. The van der Waals surface area contributed by atoms with Gasteiger partial charge in [-0.2, -0.15) is 0 Å². The number of aliphatic hydroxyl groups is 1. The zero-order valence-corrected chi connectivity index (χ0v) is 31.2. The monoisotopic (exact) mass is 719 g/mol. The molecule has 3 aromatic carbocycles. The molecule has 0 aliphatic carbocycles. The second kappa shape index (κ2) is 19.8. The van der Waals surface area contributed by atoms with Crippen molar-refractivity contribution in [1.82, 2.24) is 4.90 Å². The zero-order chi connectivity index (χ0) is 36.9. The first-order chi connectivity index (χ1) is 25.3. The van der Waals surface area contributed by atoms with Crippen LogP contribution in [0.15, 0.2) is 66.7 Å². The third-order valence-corrected chi connectivity index (χ3v) is 9.62. The van der Waals surface area contributed by atoms with Gasteiger partial charge in [-0.25, -0.2) is 0 Å². The van der Waals surface area contributed by atoms with E-state index in [0.29, 0.717) is 52.6 Å². The number of ether oxygens (including phenoxy) is 6. The van der Waals surface area contributed by atoms with Crippen molar-refractivity contribution in [2.75, 3.05) is 71.7 Å². The summed E-state index contributed by atoms with van der Waals surface area (Å²) in [6.07, 6.45) is 0.930. The number of β-amino-alcohol motifs (C(OH)–C–C–N with tert-alkyl or cyclic N) is 1. The van der Waals surface area contributed by atoms with E-state index in [9.17, 15) is 9.90 Å². The van der Waals surface area contributed by atoms with Gasteiger partial charge in [0.2, 0.25) is 5.91 Å². The summed E-state index contributed by atoms with van der Waals surface area (Å²) >= 11 is 0. The Morgan fingerprint density at radius 2 is 1.79 bits per heavy atom. The standard InChI is InChI=1S/C41H57N3O8/c1-29(2)23-34(42)41(46)44-25-36(45)40(31-12-14-33(15-13-31)50-21-8-20-49-28-32-9-5-6-10-37(32)48-4)39(26-44)52-27-30-11-16-38-35(24-30)43(18-22-51-38)17-7-19-47-3/h5-6,9-16,24,29,34,36,39-40,45H,7-8,17-23,25-28,42H2,1-4H3/t34-,36+,39-,40-/m0/s1. The van der Waals surface area contributed by atoms with Gasteiger partial charge in [-0.1, -0.05) is 50.2 Å². The number of methoxy groups -OCH3 is 2. The first-order valence-corrected chi connectivity index (χ1v) is 18.5. The van der Waals surface area contributed by atoms with Gasteiger partial charge in [0, 0.05) is 51.3 Å². The Balaban J connectivity index is 1.22. The number of nitrogens with zero attached hydrogens (tertiary/aromatic N) is 2. The quantitative estimate of drug-likeness (QED) is 0.161. The lowest BCUT2D eigenvalue weighted by Crippen LogP contribution is -2.57. The lowest BCUT2D eigenvalue weighted by Gasteiger charge is -2.42. The Bertz CT molecular complexity index is 1540. The molecular formula is C41H57N3O8. The SMILES string of the molecule is COCCCN1CCOc2ccc(CO[C@H]3CN(C(=O)[C@@H](N)CC(C)C)C[C@@H](O)[C@@H]3c3ccc(OCCCOCc4ccccc4OC)cc3)cc21. The van der Waals surface area contributed by atoms with Gasteiger partial charge >= 0.3 is 0 Å². The number of para-hydroxylation sites is 1. The molecule has 0 saturated carbocycles. The van der Waals surface area contributed by atoms with Gasteiger partial charge in [-0.05, 0) is 60.2 Å². The highest BCUT2D eigenvalue weighted by molar-refractivity contribution is 5.82. The van der Waals surface area contributed by atoms with E-state index in [-0.39, 0.29) is 24.3 Å². The number of hydrogen-bond donors (Lipinski definition) is 2. The lowest BCUT2D eigenvalue weighted by atomic mass is 9.84. The molecule has 0 bridgehead atoms. The van der Waals surface area contributed by atoms with Crippen molar-refractivity contribution < 1.29 is 38.3 Å². The number of likely N-dealkylation sites (tertiary alicyclic amines) is 1. The molecule has 2 aliphatic rings. The number of carbonyl (C=O) groups excluding carboxylic acids is 1. The van der Waals surface area contributed by atoms with Gasteiger partial charge < -0.3 is 49.1 Å². The van der Waals surface area contributed by atoms with E-state index in [2.05, 4.69) is 11.0 Å². The summed E-state index contributed by atoms with van der Waals surface area (Å²) in [4.78, 5) is 17.4. The van der Waals surface area contributed by atoms with Crippen molar-refractivity contribution >= 4 is 11.6 Å². The summed E-state index contributed by atoms with van der Waals surface area (Å²) in [6.45, 7) is 9.49. The first-order valence-electron chi connectivity index (χ1n) is 18.5. The minimum Gasteiger partial charge on any atom is -0.496 e. The number of fused-ring (bicyclic) bond motifs is 1.